The maximum absolute atomic E-state index is 11.5. The molecule has 0 bridgehead atoms. The van der Waals surface area contributed by atoms with E-state index in [0.717, 1.165) is 0 Å². The maximum Gasteiger partial charge on any atom is 0.413 e. The van der Waals surface area contributed by atoms with Crippen LogP contribution in [0.5, 0.6) is 0 Å². The predicted octanol–water partition coefficient (Wildman–Crippen LogP) is 2.14. The summed E-state index contributed by atoms with van der Waals surface area (Å²) in [5, 5.41) is 6.48. The van der Waals surface area contributed by atoms with Crippen LogP contribution in [0.3, 0.4) is 0 Å². The molecule has 0 saturated heterocycles. The number of anilines is 1. The van der Waals surface area contributed by atoms with Crippen molar-refractivity contribution in [1.82, 2.24) is 9.78 Å². The van der Waals surface area contributed by atoms with E-state index in [0.29, 0.717) is 5.82 Å². The van der Waals surface area contributed by atoms with Gasteiger partial charge in [-0.2, -0.15) is 5.10 Å². The summed E-state index contributed by atoms with van der Waals surface area (Å²) in [5.74, 6) is 0.0808. The van der Waals surface area contributed by atoms with Crippen molar-refractivity contribution in [2.24, 2.45) is 7.05 Å². The second-order valence-corrected chi connectivity index (χ2v) is 4.73. The second kappa shape index (κ2) is 5.03. The minimum Gasteiger partial charge on any atom is -0.444 e. The van der Waals surface area contributed by atoms with Crippen LogP contribution in [-0.4, -0.2) is 27.3 Å². The number of nitrogens with one attached hydrogen (secondary N) is 1. The summed E-state index contributed by atoms with van der Waals surface area (Å²) >= 11 is 0. The zero-order valence-electron chi connectivity index (χ0n) is 11.0. The van der Waals surface area contributed by atoms with Crippen LogP contribution in [0, 0.1) is 0 Å². The van der Waals surface area contributed by atoms with E-state index >= 15 is 0 Å². The van der Waals surface area contributed by atoms with Gasteiger partial charge in [-0.15, -0.1) is 0 Å². The zero-order chi connectivity index (χ0) is 13.9. The van der Waals surface area contributed by atoms with Gasteiger partial charge < -0.3 is 4.74 Å². The minimum absolute atomic E-state index is 0.221. The van der Waals surface area contributed by atoms with E-state index in [9.17, 15) is 9.59 Å². The molecule has 1 N–H and O–H groups in total. The summed E-state index contributed by atoms with van der Waals surface area (Å²) in [7, 11) is 1.62. The molecule has 0 unspecified atom stereocenters. The molecule has 1 amide bonds. The average Bonchev–Trinajstić information content (AvgIpc) is 2.56. The molecule has 0 aliphatic carbocycles. The van der Waals surface area contributed by atoms with Gasteiger partial charge in [0, 0.05) is 13.1 Å². The number of allylic oxidation sites excluding steroid dienone is 1. The number of ether oxygens (including phenoxy) is 1. The number of carbonyl (C=O) groups excluding carboxylic acids is 2. The fraction of sp³-hybridized carbons (Fsp3) is 0.417. The molecular formula is C12H17N3O3. The van der Waals surface area contributed by atoms with Crippen LogP contribution in [0.1, 0.15) is 31.3 Å². The molecule has 0 spiro atoms. The lowest BCUT2D eigenvalue weighted by Gasteiger charge is -2.19. The molecule has 0 fully saturated rings. The third kappa shape index (κ3) is 3.73. The number of aryl methyl sites for hydroxylation is 1. The molecule has 0 radical (unpaired) electrons. The number of ketones is 1. The van der Waals surface area contributed by atoms with E-state index in [1.54, 1.807) is 27.8 Å². The van der Waals surface area contributed by atoms with Crippen LogP contribution < -0.4 is 5.32 Å². The Bertz CT molecular complexity index is 483. The van der Waals surface area contributed by atoms with E-state index in [1.807, 2.05) is 0 Å². The molecule has 0 aliphatic heterocycles. The van der Waals surface area contributed by atoms with Gasteiger partial charge in [0.15, 0.2) is 0 Å². The molecule has 0 saturated carbocycles. The van der Waals surface area contributed by atoms with Crippen molar-refractivity contribution >= 4 is 17.7 Å². The number of nitrogens with zero attached hydrogens (tertiary/aromatic N) is 2. The van der Waals surface area contributed by atoms with Crippen molar-refractivity contribution in [3.8, 4) is 0 Å². The van der Waals surface area contributed by atoms with Crippen LogP contribution >= 0.6 is 0 Å². The topological polar surface area (TPSA) is 73.2 Å². The fourth-order valence-electron chi connectivity index (χ4n) is 1.22. The predicted molar refractivity (Wildman–Crippen MR) is 67.6 cm³/mol. The highest BCUT2D eigenvalue weighted by molar-refractivity contribution is 6.03. The number of rotatable bonds is 3. The summed E-state index contributed by atoms with van der Waals surface area (Å²) in [5.41, 5.74) is -0.360. The van der Waals surface area contributed by atoms with E-state index in [-0.39, 0.29) is 11.5 Å². The third-order valence-electron chi connectivity index (χ3n) is 1.95. The summed E-state index contributed by atoms with van der Waals surface area (Å²) in [6.07, 6.45) is 0.572. The Morgan fingerprint density at radius 2 is 2.11 bits per heavy atom. The number of amides is 1. The van der Waals surface area contributed by atoms with E-state index < -0.39 is 11.7 Å². The largest absolute Gasteiger partial charge is 0.444 e. The lowest BCUT2D eigenvalue weighted by atomic mass is 10.2. The van der Waals surface area contributed by atoms with Gasteiger partial charge in [0.05, 0.1) is 0 Å². The van der Waals surface area contributed by atoms with Crippen LogP contribution in [0.4, 0.5) is 10.6 Å². The Morgan fingerprint density at radius 1 is 1.50 bits per heavy atom. The first kappa shape index (κ1) is 14.0. The smallest absolute Gasteiger partial charge is 0.413 e. The Balaban J connectivity index is 2.79. The van der Waals surface area contributed by atoms with E-state index in [1.165, 1.54) is 16.8 Å². The first-order valence-electron chi connectivity index (χ1n) is 5.44. The zero-order valence-corrected chi connectivity index (χ0v) is 11.0. The van der Waals surface area contributed by atoms with Crippen LogP contribution in [0.25, 0.3) is 0 Å². The first-order valence-corrected chi connectivity index (χ1v) is 5.44. The Hall–Kier alpha value is -2.11. The van der Waals surface area contributed by atoms with Gasteiger partial charge in [0.1, 0.15) is 17.1 Å². The van der Waals surface area contributed by atoms with Crippen LogP contribution in [0.15, 0.2) is 18.7 Å². The molecule has 1 aromatic heterocycles. The monoisotopic (exact) mass is 251 g/mol. The molecular weight excluding hydrogens is 234 g/mol. The number of carbonyl (C=O) groups is 2. The standard InChI is InChI=1S/C12H17N3O3/c1-6-9(16)8-7-10(15(5)14-8)13-11(17)18-12(2,3)4/h6-7H,1H2,2-5H3,(H,13,17). The van der Waals surface area contributed by atoms with Gasteiger partial charge in [0.25, 0.3) is 0 Å². The fourth-order valence-corrected chi connectivity index (χ4v) is 1.22. The highest BCUT2D eigenvalue weighted by Gasteiger charge is 2.18. The lowest BCUT2D eigenvalue weighted by Crippen LogP contribution is -2.27. The van der Waals surface area contributed by atoms with Crippen molar-refractivity contribution in [2.45, 2.75) is 26.4 Å². The highest BCUT2D eigenvalue weighted by Crippen LogP contribution is 2.13. The Morgan fingerprint density at radius 3 is 2.61 bits per heavy atom. The summed E-state index contributed by atoms with van der Waals surface area (Å²) in [6.45, 7) is 8.67. The van der Waals surface area contributed by atoms with Gasteiger partial charge in [0.2, 0.25) is 5.78 Å². The van der Waals surface area contributed by atoms with E-state index in [2.05, 4.69) is 17.0 Å². The molecule has 1 heterocycles. The van der Waals surface area contributed by atoms with Crippen molar-refractivity contribution in [3.63, 3.8) is 0 Å². The lowest BCUT2D eigenvalue weighted by molar-refractivity contribution is 0.0634. The first-order chi connectivity index (χ1) is 8.23. The molecule has 6 heteroatoms. The summed E-state index contributed by atoms with van der Waals surface area (Å²) in [4.78, 5) is 22.9. The quantitative estimate of drug-likeness (QED) is 0.659. The molecule has 1 rings (SSSR count). The Labute approximate surface area is 106 Å². The summed E-state index contributed by atoms with van der Waals surface area (Å²) in [6, 6.07) is 1.47. The second-order valence-electron chi connectivity index (χ2n) is 4.73. The molecule has 6 nitrogen and oxygen atoms in total. The SMILES string of the molecule is C=CC(=O)c1cc(NC(=O)OC(C)(C)C)n(C)n1. The highest BCUT2D eigenvalue weighted by atomic mass is 16.6. The van der Waals surface area contributed by atoms with Crippen LogP contribution in [0.2, 0.25) is 0 Å². The molecule has 0 aromatic carbocycles. The van der Waals surface area contributed by atoms with Crippen LogP contribution in [-0.2, 0) is 11.8 Å². The van der Waals surface area contributed by atoms with Crippen molar-refractivity contribution in [3.05, 3.63) is 24.4 Å². The number of aromatic nitrogens is 2. The summed E-state index contributed by atoms with van der Waals surface area (Å²) < 4.78 is 6.49. The minimum atomic E-state index is -0.594. The number of hydrogen-bond donors (Lipinski definition) is 1. The van der Waals surface area contributed by atoms with Crippen molar-refractivity contribution in [1.29, 1.82) is 0 Å². The normalized spacial score (nSPS) is 10.9. The van der Waals surface area contributed by atoms with Gasteiger partial charge in [-0.25, -0.2) is 4.79 Å². The Kier molecular flexibility index (Phi) is 3.90. The van der Waals surface area contributed by atoms with Gasteiger partial charge in [-0.1, -0.05) is 6.58 Å². The third-order valence-corrected chi connectivity index (χ3v) is 1.95. The van der Waals surface area contributed by atoms with E-state index in [4.69, 9.17) is 4.74 Å². The van der Waals surface area contributed by atoms with Gasteiger partial charge in [-0.3, -0.25) is 14.8 Å². The molecule has 1 aromatic rings. The van der Waals surface area contributed by atoms with Gasteiger partial charge in [-0.05, 0) is 26.8 Å². The molecule has 98 valence electrons. The molecule has 0 aliphatic rings. The number of hydrogen-bond acceptors (Lipinski definition) is 4. The van der Waals surface area contributed by atoms with Gasteiger partial charge >= 0.3 is 6.09 Å². The maximum atomic E-state index is 11.5. The van der Waals surface area contributed by atoms with Crippen molar-refractivity contribution in [2.75, 3.05) is 5.32 Å². The molecule has 18 heavy (non-hydrogen) atoms. The molecule has 0 atom stereocenters. The van der Waals surface area contributed by atoms with Crippen molar-refractivity contribution < 1.29 is 14.3 Å². The average molecular weight is 251 g/mol.